The number of ketones is 1. The molecule has 5 nitrogen and oxygen atoms in total. The second-order valence-corrected chi connectivity index (χ2v) is 11.2. The number of hydrogen-bond acceptors (Lipinski definition) is 4. The molecular weight excluding hydrogens is 390 g/mol. The summed E-state index contributed by atoms with van der Waals surface area (Å²) in [5.74, 6) is 0.697. The van der Waals surface area contributed by atoms with Gasteiger partial charge in [0.2, 0.25) is 0 Å². The SMILES string of the molecule is C[C@]12CC[C@H](O)C[C@@H]1CC[C@H]1[C@@H](C[C@H]3Nc4ccccc4C3=O)[C@](C)(C(=O)O)CC[C@@H]12. The molecule has 1 heterocycles. The first kappa shape index (κ1) is 21.0. The Morgan fingerprint density at radius 3 is 2.65 bits per heavy atom. The lowest BCUT2D eigenvalue weighted by atomic mass is 9.44. The Balaban J connectivity index is 1.45. The van der Waals surface area contributed by atoms with Gasteiger partial charge < -0.3 is 15.5 Å². The number of Topliss-reactive ketones (excluding diaryl/α,β-unsaturated/α-hetero) is 1. The molecule has 3 saturated carbocycles. The van der Waals surface area contributed by atoms with Crippen LogP contribution in [0, 0.1) is 34.5 Å². The van der Waals surface area contributed by atoms with Crippen molar-refractivity contribution in [3.63, 3.8) is 0 Å². The van der Waals surface area contributed by atoms with E-state index in [4.69, 9.17) is 0 Å². The van der Waals surface area contributed by atoms with Gasteiger partial charge in [0.05, 0.1) is 17.6 Å². The van der Waals surface area contributed by atoms with Crippen LogP contribution in [-0.4, -0.2) is 34.1 Å². The third-order valence-electron chi connectivity index (χ3n) is 9.84. The lowest BCUT2D eigenvalue weighted by Crippen LogP contribution is -2.56. The maximum absolute atomic E-state index is 13.1. The minimum Gasteiger partial charge on any atom is -0.481 e. The zero-order valence-electron chi connectivity index (χ0n) is 18.6. The van der Waals surface area contributed by atoms with Gasteiger partial charge in [-0.3, -0.25) is 9.59 Å². The first-order valence-corrected chi connectivity index (χ1v) is 12.1. The smallest absolute Gasteiger partial charge is 0.309 e. The van der Waals surface area contributed by atoms with Crippen molar-refractivity contribution >= 4 is 17.4 Å². The topological polar surface area (TPSA) is 86.6 Å². The maximum Gasteiger partial charge on any atom is 0.309 e. The van der Waals surface area contributed by atoms with E-state index in [0.717, 1.165) is 49.8 Å². The number of nitrogens with one attached hydrogen (secondary N) is 1. The lowest BCUT2D eigenvalue weighted by Gasteiger charge is -2.60. The fraction of sp³-hybridized carbons (Fsp3) is 0.692. The highest BCUT2D eigenvalue weighted by Gasteiger charge is 2.59. The molecular formula is C26H35NO4. The van der Waals surface area contributed by atoms with Crippen LogP contribution in [0.1, 0.15) is 75.6 Å². The van der Waals surface area contributed by atoms with Crippen molar-refractivity contribution in [2.75, 3.05) is 5.32 Å². The third-order valence-corrected chi connectivity index (χ3v) is 9.84. The first-order chi connectivity index (χ1) is 14.7. The van der Waals surface area contributed by atoms with Gasteiger partial charge in [-0.2, -0.15) is 0 Å². The Hall–Kier alpha value is -1.88. The average molecular weight is 426 g/mol. The number of para-hydroxylation sites is 1. The number of aliphatic carboxylic acids is 1. The van der Waals surface area contributed by atoms with Crippen molar-refractivity contribution in [3.8, 4) is 0 Å². The maximum atomic E-state index is 13.1. The van der Waals surface area contributed by atoms with Crippen LogP contribution in [0.3, 0.4) is 0 Å². The van der Waals surface area contributed by atoms with Crippen LogP contribution < -0.4 is 5.32 Å². The van der Waals surface area contributed by atoms with Crippen LogP contribution >= 0.6 is 0 Å². The second kappa shape index (κ2) is 7.33. The fourth-order valence-electron chi connectivity index (χ4n) is 7.94. The number of carboxylic acids is 1. The van der Waals surface area contributed by atoms with Gasteiger partial charge in [0.25, 0.3) is 0 Å². The molecule has 0 saturated heterocycles. The number of carboxylic acid groups (broad SMARTS) is 1. The van der Waals surface area contributed by atoms with Crippen molar-refractivity contribution in [3.05, 3.63) is 29.8 Å². The van der Waals surface area contributed by atoms with E-state index in [0.29, 0.717) is 30.6 Å². The van der Waals surface area contributed by atoms with E-state index in [2.05, 4.69) is 12.2 Å². The number of carbonyl (C=O) groups excluding carboxylic acids is 1. The highest BCUT2D eigenvalue weighted by molar-refractivity contribution is 6.10. The van der Waals surface area contributed by atoms with Gasteiger partial charge in [0, 0.05) is 11.3 Å². The molecule has 0 amide bonds. The number of aliphatic hydroxyl groups is 1. The van der Waals surface area contributed by atoms with E-state index in [1.807, 2.05) is 31.2 Å². The monoisotopic (exact) mass is 425 g/mol. The van der Waals surface area contributed by atoms with Crippen molar-refractivity contribution in [1.82, 2.24) is 0 Å². The summed E-state index contributed by atoms with van der Waals surface area (Å²) in [6.07, 6.45) is 6.87. The van der Waals surface area contributed by atoms with Gasteiger partial charge in [-0.05, 0) is 99.5 Å². The zero-order chi connectivity index (χ0) is 22.0. The molecule has 0 spiro atoms. The molecule has 3 aliphatic carbocycles. The number of hydrogen-bond donors (Lipinski definition) is 3. The molecule has 5 rings (SSSR count). The summed E-state index contributed by atoms with van der Waals surface area (Å²) in [7, 11) is 0. The fourth-order valence-corrected chi connectivity index (χ4v) is 7.94. The van der Waals surface area contributed by atoms with Crippen molar-refractivity contribution in [2.24, 2.45) is 34.5 Å². The molecule has 1 aliphatic heterocycles. The Kier molecular flexibility index (Phi) is 4.96. The number of rotatable bonds is 3. The first-order valence-electron chi connectivity index (χ1n) is 12.1. The molecule has 0 aromatic heterocycles. The molecule has 0 radical (unpaired) electrons. The molecule has 31 heavy (non-hydrogen) atoms. The summed E-state index contributed by atoms with van der Waals surface area (Å²) in [5.41, 5.74) is 0.985. The van der Waals surface area contributed by atoms with E-state index in [1.165, 1.54) is 0 Å². The summed E-state index contributed by atoms with van der Waals surface area (Å²) in [5, 5.41) is 23.9. The Bertz CT molecular complexity index is 899. The van der Waals surface area contributed by atoms with Crippen LogP contribution in [-0.2, 0) is 4.79 Å². The molecule has 8 atom stereocenters. The van der Waals surface area contributed by atoms with Gasteiger partial charge in [0.1, 0.15) is 0 Å². The van der Waals surface area contributed by atoms with Crippen molar-refractivity contribution in [1.29, 1.82) is 0 Å². The summed E-state index contributed by atoms with van der Waals surface area (Å²) in [6, 6.07) is 7.29. The highest BCUT2D eigenvalue weighted by atomic mass is 16.4. The van der Waals surface area contributed by atoms with Crippen LogP contribution in [0.2, 0.25) is 0 Å². The quantitative estimate of drug-likeness (QED) is 0.651. The van der Waals surface area contributed by atoms with Crippen LogP contribution in [0.25, 0.3) is 0 Å². The molecule has 1 aromatic rings. The molecule has 4 aliphatic rings. The molecule has 0 bridgehead atoms. The average Bonchev–Trinajstić information content (AvgIpc) is 3.06. The molecule has 0 unspecified atom stereocenters. The Labute approximate surface area is 184 Å². The normalized spacial score (nSPS) is 44.0. The Morgan fingerprint density at radius 1 is 1.13 bits per heavy atom. The third kappa shape index (κ3) is 3.14. The highest BCUT2D eigenvalue weighted by Crippen LogP contribution is 2.63. The van der Waals surface area contributed by atoms with Crippen LogP contribution in [0.15, 0.2) is 24.3 Å². The minimum atomic E-state index is -0.796. The lowest BCUT2D eigenvalue weighted by molar-refractivity contribution is -0.170. The van der Waals surface area contributed by atoms with E-state index in [-0.39, 0.29) is 29.3 Å². The van der Waals surface area contributed by atoms with Crippen molar-refractivity contribution < 1.29 is 19.8 Å². The van der Waals surface area contributed by atoms with Crippen molar-refractivity contribution in [2.45, 2.75) is 77.4 Å². The predicted molar refractivity (Wildman–Crippen MR) is 119 cm³/mol. The number of anilines is 1. The second-order valence-electron chi connectivity index (χ2n) is 11.2. The number of benzene rings is 1. The Morgan fingerprint density at radius 2 is 1.90 bits per heavy atom. The molecule has 1 aromatic carbocycles. The van der Waals surface area contributed by atoms with Gasteiger partial charge in [-0.25, -0.2) is 0 Å². The molecule has 3 N–H and O–H groups in total. The largest absolute Gasteiger partial charge is 0.481 e. The zero-order valence-corrected chi connectivity index (χ0v) is 18.6. The molecule has 3 fully saturated rings. The standard InChI is InChI=1S/C26H35NO4/c1-25-11-9-16(28)13-15(25)7-8-17-19(25)10-12-26(2,24(30)31)20(17)14-22-23(29)18-5-3-4-6-21(18)27-22/h3-6,15-17,19-20,22,27-28H,7-14H2,1-2H3,(H,30,31)/t15-,16-,17+,19-,20+,22+,25-,26+/m0/s1. The van der Waals surface area contributed by atoms with E-state index < -0.39 is 11.4 Å². The predicted octanol–water partition coefficient (Wildman–Crippen LogP) is 4.75. The van der Waals surface area contributed by atoms with Gasteiger partial charge in [0.15, 0.2) is 5.78 Å². The number of aliphatic hydroxyl groups excluding tert-OH is 1. The van der Waals surface area contributed by atoms with E-state index in [9.17, 15) is 19.8 Å². The summed E-state index contributed by atoms with van der Waals surface area (Å²) in [6.45, 7) is 4.32. The van der Waals surface area contributed by atoms with Gasteiger partial charge in [-0.15, -0.1) is 0 Å². The van der Waals surface area contributed by atoms with Gasteiger partial charge in [-0.1, -0.05) is 19.1 Å². The summed E-state index contributed by atoms with van der Waals surface area (Å²) >= 11 is 0. The van der Waals surface area contributed by atoms with Gasteiger partial charge >= 0.3 is 5.97 Å². The van der Waals surface area contributed by atoms with Crippen LogP contribution in [0.5, 0.6) is 0 Å². The number of fused-ring (bicyclic) bond motifs is 4. The van der Waals surface area contributed by atoms with E-state index in [1.54, 1.807) is 0 Å². The van der Waals surface area contributed by atoms with E-state index >= 15 is 0 Å². The summed E-state index contributed by atoms with van der Waals surface area (Å²) < 4.78 is 0. The molecule has 5 heteroatoms. The summed E-state index contributed by atoms with van der Waals surface area (Å²) in [4.78, 5) is 25.6. The minimum absolute atomic E-state index is 0.0239. The molecule has 168 valence electrons. The number of carbonyl (C=O) groups is 2. The van der Waals surface area contributed by atoms with Crippen LogP contribution in [0.4, 0.5) is 5.69 Å².